The van der Waals surface area contributed by atoms with Gasteiger partial charge in [0.2, 0.25) is 0 Å². The van der Waals surface area contributed by atoms with Gasteiger partial charge < -0.3 is 5.73 Å². The van der Waals surface area contributed by atoms with E-state index in [9.17, 15) is 10.5 Å². The minimum absolute atomic E-state index is 0.130. The molecule has 126 valence electrons. The van der Waals surface area contributed by atoms with Crippen LogP contribution in [0.15, 0.2) is 72.8 Å². The molecule has 27 heavy (non-hydrogen) atoms. The first-order chi connectivity index (χ1) is 13.2. The van der Waals surface area contributed by atoms with E-state index in [-0.39, 0.29) is 5.82 Å². The Kier molecular flexibility index (Phi) is 4.01. The van der Waals surface area contributed by atoms with Crippen LogP contribution in [-0.2, 0) is 0 Å². The molecule has 0 aliphatic carbocycles. The van der Waals surface area contributed by atoms with Gasteiger partial charge in [-0.05, 0) is 11.1 Å². The molecular formula is C23H14N4. The molecule has 0 spiro atoms. The largest absolute Gasteiger partial charge is 0.383 e. The molecule has 0 aliphatic rings. The highest BCUT2D eigenvalue weighted by Crippen LogP contribution is 2.37. The molecule has 0 saturated heterocycles. The van der Waals surface area contributed by atoms with Crippen LogP contribution in [0.5, 0.6) is 0 Å². The van der Waals surface area contributed by atoms with Gasteiger partial charge in [0.15, 0.2) is 0 Å². The summed E-state index contributed by atoms with van der Waals surface area (Å²) in [4.78, 5) is 4.42. The van der Waals surface area contributed by atoms with Crippen molar-refractivity contribution < 1.29 is 0 Å². The Bertz CT molecular complexity index is 1230. The van der Waals surface area contributed by atoms with Gasteiger partial charge in [0.25, 0.3) is 0 Å². The molecule has 4 aromatic rings. The lowest BCUT2D eigenvalue weighted by Gasteiger charge is -2.14. The predicted octanol–water partition coefficient (Wildman–Crippen LogP) is 4.89. The summed E-state index contributed by atoms with van der Waals surface area (Å²) in [5.41, 5.74) is 10.7. The zero-order valence-corrected chi connectivity index (χ0v) is 14.3. The van der Waals surface area contributed by atoms with E-state index in [2.05, 4.69) is 17.1 Å². The number of hydrogen-bond donors (Lipinski definition) is 1. The van der Waals surface area contributed by atoms with Crippen molar-refractivity contribution in [1.82, 2.24) is 4.98 Å². The van der Waals surface area contributed by atoms with Gasteiger partial charge in [0, 0.05) is 16.5 Å². The summed E-state index contributed by atoms with van der Waals surface area (Å²) in [6.07, 6.45) is 0. The maximum atomic E-state index is 9.86. The second-order valence-corrected chi connectivity index (χ2v) is 6.09. The Balaban J connectivity index is 2.13. The Morgan fingerprint density at radius 3 is 1.89 bits per heavy atom. The number of fused-ring (bicyclic) bond motifs is 1. The molecule has 0 aliphatic heterocycles. The fourth-order valence-corrected chi connectivity index (χ4v) is 3.34. The number of hydrogen-bond acceptors (Lipinski definition) is 4. The lowest BCUT2D eigenvalue weighted by molar-refractivity contribution is 1.36. The topological polar surface area (TPSA) is 86.5 Å². The molecule has 0 unspecified atom stereocenters. The lowest BCUT2D eigenvalue weighted by Crippen LogP contribution is -2.01. The second kappa shape index (κ2) is 6.63. The molecule has 0 radical (unpaired) electrons. The van der Waals surface area contributed by atoms with E-state index in [0.717, 1.165) is 22.1 Å². The summed E-state index contributed by atoms with van der Waals surface area (Å²) in [5.74, 6) is 0.130. The second-order valence-electron chi connectivity index (χ2n) is 6.09. The van der Waals surface area contributed by atoms with Crippen LogP contribution in [0.1, 0.15) is 11.1 Å². The van der Waals surface area contributed by atoms with E-state index < -0.39 is 0 Å². The van der Waals surface area contributed by atoms with Crippen LogP contribution in [0.4, 0.5) is 5.82 Å². The number of nitrogen functional groups attached to an aromatic ring is 1. The smallest absolute Gasteiger partial charge is 0.142 e. The molecular weight excluding hydrogens is 332 g/mol. The van der Waals surface area contributed by atoms with E-state index in [4.69, 9.17) is 5.73 Å². The van der Waals surface area contributed by atoms with Gasteiger partial charge in [-0.25, -0.2) is 4.98 Å². The maximum Gasteiger partial charge on any atom is 0.142 e. The van der Waals surface area contributed by atoms with Gasteiger partial charge in [0.1, 0.15) is 23.5 Å². The third-order valence-corrected chi connectivity index (χ3v) is 4.56. The summed E-state index contributed by atoms with van der Waals surface area (Å²) in [6.45, 7) is 0. The van der Waals surface area contributed by atoms with Gasteiger partial charge >= 0.3 is 0 Å². The van der Waals surface area contributed by atoms with Crippen LogP contribution in [0, 0.1) is 22.7 Å². The molecule has 4 heteroatoms. The van der Waals surface area contributed by atoms with E-state index in [1.54, 1.807) is 0 Å². The van der Waals surface area contributed by atoms with Crippen molar-refractivity contribution in [3.63, 3.8) is 0 Å². The summed E-state index contributed by atoms with van der Waals surface area (Å²) in [5, 5.41) is 20.2. The Morgan fingerprint density at radius 1 is 0.704 bits per heavy atom. The van der Waals surface area contributed by atoms with Crippen LogP contribution in [-0.4, -0.2) is 4.98 Å². The lowest BCUT2D eigenvalue weighted by atomic mass is 9.91. The third kappa shape index (κ3) is 2.66. The Labute approximate surface area is 156 Å². The molecule has 1 aromatic heterocycles. The van der Waals surface area contributed by atoms with Crippen LogP contribution < -0.4 is 5.73 Å². The molecule has 3 aromatic carbocycles. The van der Waals surface area contributed by atoms with Gasteiger partial charge in [0.05, 0.1) is 11.1 Å². The van der Waals surface area contributed by atoms with Crippen molar-refractivity contribution in [3.05, 3.63) is 83.9 Å². The number of aromatic nitrogens is 1. The fraction of sp³-hybridized carbons (Fsp3) is 0. The van der Waals surface area contributed by atoms with Crippen LogP contribution in [0.3, 0.4) is 0 Å². The van der Waals surface area contributed by atoms with Crippen LogP contribution in [0.25, 0.3) is 33.2 Å². The number of nitriles is 2. The van der Waals surface area contributed by atoms with Gasteiger partial charge in [-0.2, -0.15) is 10.5 Å². The SMILES string of the molecule is N#Cc1c(N)nc2c(C#N)c(-c3ccccc3)ccc2c1-c1ccccc1. The quantitative estimate of drug-likeness (QED) is 0.559. The van der Waals surface area contributed by atoms with E-state index >= 15 is 0 Å². The zero-order chi connectivity index (χ0) is 18.8. The zero-order valence-electron chi connectivity index (χ0n) is 14.3. The van der Waals surface area contributed by atoms with Crippen LogP contribution >= 0.6 is 0 Å². The van der Waals surface area contributed by atoms with Gasteiger partial charge in [-0.1, -0.05) is 72.8 Å². The average Bonchev–Trinajstić information content (AvgIpc) is 2.73. The molecule has 4 rings (SSSR count). The summed E-state index contributed by atoms with van der Waals surface area (Å²) >= 11 is 0. The van der Waals surface area contributed by atoms with E-state index in [1.165, 1.54) is 0 Å². The number of nitrogens with two attached hydrogens (primary N) is 1. The first-order valence-electron chi connectivity index (χ1n) is 8.42. The first kappa shape index (κ1) is 16.3. The summed E-state index contributed by atoms with van der Waals surface area (Å²) in [7, 11) is 0. The predicted molar refractivity (Wildman–Crippen MR) is 106 cm³/mol. The summed E-state index contributed by atoms with van der Waals surface area (Å²) in [6, 6.07) is 27.5. The normalized spacial score (nSPS) is 10.3. The third-order valence-electron chi connectivity index (χ3n) is 4.56. The standard InChI is InChI=1S/C23H14N4/c24-13-19-17(15-7-3-1-4-8-15)11-12-18-21(16-9-5-2-6-10-16)20(14-25)23(26)27-22(18)19/h1-12H,(H2,26,27). The molecule has 0 atom stereocenters. The number of benzene rings is 3. The molecule has 4 nitrogen and oxygen atoms in total. The number of nitrogens with zero attached hydrogens (tertiary/aromatic N) is 3. The van der Waals surface area contributed by atoms with E-state index in [1.807, 2.05) is 72.8 Å². The van der Waals surface area contributed by atoms with Crippen molar-refractivity contribution in [2.24, 2.45) is 0 Å². The molecule has 2 N–H and O–H groups in total. The summed E-state index contributed by atoms with van der Waals surface area (Å²) < 4.78 is 0. The molecule has 0 saturated carbocycles. The molecule has 0 bridgehead atoms. The number of rotatable bonds is 2. The van der Waals surface area contributed by atoms with Crippen molar-refractivity contribution >= 4 is 16.7 Å². The number of pyridine rings is 1. The average molecular weight is 346 g/mol. The van der Waals surface area contributed by atoms with Gasteiger partial charge in [-0.3, -0.25) is 0 Å². The molecule has 0 fully saturated rings. The van der Waals surface area contributed by atoms with Crippen molar-refractivity contribution in [1.29, 1.82) is 10.5 Å². The Morgan fingerprint density at radius 2 is 1.30 bits per heavy atom. The van der Waals surface area contributed by atoms with Crippen molar-refractivity contribution in [2.75, 3.05) is 5.73 Å². The van der Waals surface area contributed by atoms with Gasteiger partial charge in [-0.15, -0.1) is 0 Å². The van der Waals surface area contributed by atoms with E-state index in [0.29, 0.717) is 22.2 Å². The monoisotopic (exact) mass is 346 g/mol. The van der Waals surface area contributed by atoms with Crippen molar-refractivity contribution in [3.8, 4) is 34.4 Å². The highest BCUT2D eigenvalue weighted by Gasteiger charge is 2.19. The van der Waals surface area contributed by atoms with Crippen molar-refractivity contribution in [2.45, 2.75) is 0 Å². The minimum atomic E-state index is 0.130. The molecule has 0 amide bonds. The minimum Gasteiger partial charge on any atom is -0.383 e. The Hall–Kier alpha value is -4.15. The fourth-order valence-electron chi connectivity index (χ4n) is 3.34. The number of anilines is 1. The maximum absolute atomic E-state index is 9.86. The first-order valence-corrected chi connectivity index (χ1v) is 8.42. The highest BCUT2D eigenvalue weighted by molar-refractivity contribution is 6.04. The highest BCUT2D eigenvalue weighted by atomic mass is 14.8. The van der Waals surface area contributed by atoms with Crippen LogP contribution in [0.2, 0.25) is 0 Å². The molecule has 1 heterocycles.